The fraction of sp³-hybridized carbons (Fsp3) is 0.462. The molecule has 0 aliphatic heterocycles. The molecule has 74 valence electrons. The van der Waals surface area contributed by atoms with Crippen LogP contribution in [-0.4, -0.2) is 0 Å². The molecule has 0 aromatic heterocycles. The van der Waals surface area contributed by atoms with Gasteiger partial charge in [-0.2, -0.15) is 5.26 Å². The number of aryl methyl sites for hydroxylation is 2. The van der Waals surface area contributed by atoms with Crippen molar-refractivity contribution in [3.8, 4) is 6.07 Å². The standard InChI is InChI=1S/C13H17N/c1-5-11-7-12(9(2)3)6-10(4)13(11)8-14/h6-7,9H,5H2,1-4H3. The van der Waals surface area contributed by atoms with Crippen molar-refractivity contribution < 1.29 is 0 Å². The van der Waals surface area contributed by atoms with Crippen LogP contribution < -0.4 is 0 Å². The zero-order valence-electron chi connectivity index (χ0n) is 9.39. The average Bonchev–Trinajstić information content (AvgIpc) is 2.16. The van der Waals surface area contributed by atoms with Gasteiger partial charge in [0.1, 0.15) is 0 Å². The third-order valence-corrected chi connectivity index (χ3v) is 2.60. The van der Waals surface area contributed by atoms with Crippen molar-refractivity contribution in [2.75, 3.05) is 0 Å². The van der Waals surface area contributed by atoms with E-state index in [1.165, 1.54) is 11.1 Å². The molecule has 1 aromatic carbocycles. The molecule has 0 radical (unpaired) electrons. The second-order valence-corrected chi connectivity index (χ2v) is 3.99. The Balaban J connectivity index is 3.33. The van der Waals surface area contributed by atoms with Crippen LogP contribution in [0.5, 0.6) is 0 Å². The van der Waals surface area contributed by atoms with Crippen LogP contribution in [0.25, 0.3) is 0 Å². The summed E-state index contributed by atoms with van der Waals surface area (Å²) in [6.07, 6.45) is 0.935. The first-order valence-corrected chi connectivity index (χ1v) is 5.13. The molecule has 0 amide bonds. The van der Waals surface area contributed by atoms with Gasteiger partial charge in [-0.15, -0.1) is 0 Å². The van der Waals surface area contributed by atoms with Crippen LogP contribution in [0.3, 0.4) is 0 Å². The predicted molar refractivity (Wildman–Crippen MR) is 59.4 cm³/mol. The lowest BCUT2D eigenvalue weighted by molar-refractivity contribution is 0.859. The molecule has 0 bridgehead atoms. The molecule has 0 atom stereocenters. The molecular formula is C13H17N. The highest BCUT2D eigenvalue weighted by molar-refractivity contribution is 5.47. The zero-order valence-corrected chi connectivity index (χ0v) is 9.39. The third-order valence-electron chi connectivity index (χ3n) is 2.60. The summed E-state index contributed by atoms with van der Waals surface area (Å²) in [6, 6.07) is 6.57. The molecule has 1 aromatic rings. The van der Waals surface area contributed by atoms with Gasteiger partial charge in [0.15, 0.2) is 0 Å². The van der Waals surface area contributed by atoms with Gasteiger partial charge in [-0.05, 0) is 36.0 Å². The minimum Gasteiger partial charge on any atom is -0.192 e. The van der Waals surface area contributed by atoms with Gasteiger partial charge >= 0.3 is 0 Å². The van der Waals surface area contributed by atoms with Crippen molar-refractivity contribution in [1.82, 2.24) is 0 Å². The molecule has 0 saturated carbocycles. The first-order chi connectivity index (χ1) is 6.60. The Morgan fingerprint density at radius 1 is 1.36 bits per heavy atom. The van der Waals surface area contributed by atoms with E-state index in [1.807, 2.05) is 6.92 Å². The number of hydrogen-bond acceptors (Lipinski definition) is 1. The molecule has 0 heterocycles. The van der Waals surface area contributed by atoms with E-state index in [-0.39, 0.29) is 0 Å². The number of rotatable bonds is 2. The van der Waals surface area contributed by atoms with Gasteiger partial charge in [0.25, 0.3) is 0 Å². The van der Waals surface area contributed by atoms with E-state index in [0.717, 1.165) is 17.5 Å². The smallest absolute Gasteiger partial charge is 0.0997 e. The average molecular weight is 187 g/mol. The maximum Gasteiger partial charge on any atom is 0.0997 e. The molecule has 0 spiro atoms. The Morgan fingerprint density at radius 2 is 2.00 bits per heavy atom. The Kier molecular flexibility index (Phi) is 3.30. The summed E-state index contributed by atoms with van der Waals surface area (Å²) >= 11 is 0. The largest absolute Gasteiger partial charge is 0.192 e. The summed E-state index contributed by atoms with van der Waals surface area (Å²) in [7, 11) is 0. The molecule has 0 fully saturated rings. The van der Waals surface area contributed by atoms with Gasteiger partial charge < -0.3 is 0 Å². The SMILES string of the molecule is CCc1cc(C(C)C)cc(C)c1C#N. The van der Waals surface area contributed by atoms with Crippen LogP contribution in [0.4, 0.5) is 0 Å². The second kappa shape index (κ2) is 4.28. The van der Waals surface area contributed by atoms with E-state index in [9.17, 15) is 0 Å². The van der Waals surface area contributed by atoms with E-state index in [0.29, 0.717) is 5.92 Å². The highest BCUT2D eigenvalue weighted by atomic mass is 14.3. The van der Waals surface area contributed by atoms with E-state index in [1.54, 1.807) is 0 Å². The fourth-order valence-corrected chi connectivity index (χ4v) is 1.66. The highest BCUT2D eigenvalue weighted by Gasteiger charge is 2.08. The number of nitriles is 1. The number of hydrogen-bond donors (Lipinski definition) is 0. The van der Waals surface area contributed by atoms with Crippen LogP contribution in [0, 0.1) is 18.3 Å². The molecular weight excluding hydrogens is 170 g/mol. The minimum absolute atomic E-state index is 0.534. The Bertz CT molecular complexity index is 370. The normalized spacial score (nSPS) is 10.3. The first-order valence-electron chi connectivity index (χ1n) is 5.13. The number of benzene rings is 1. The van der Waals surface area contributed by atoms with E-state index < -0.39 is 0 Å². The Labute approximate surface area is 86.4 Å². The molecule has 1 heteroatoms. The molecule has 0 aliphatic rings. The van der Waals surface area contributed by atoms with E-state index in [4.69, 9.17) is 5.26 Å². The van der Waals surface area contributed by atoms with Crippen molar-refractivity contribution in [2.24, 2.45) is 0 Å². The Hall–Kier alpha value is -1.29. The minimum atomic E-state index is 0.534. The lowest BCUT2D eigenvalue weighted by Crippen LogP contribution is -1.97. The van der Waals surface area contributed by atoms with Gasteiger partial charge in [0.2, 0.25) is 0 Å². The summed E-state index contributed by atoms with van der Waals surface area (Å²) in [5.41, 5.74) is 4.47. The van der Waals surface area contributed by atoms with Crippen LogP contribution in [-0.2, 0) is 6.42 Å². The molecule has 0 aliphatic carbocycles. The maximum atomic E-state index is 9.01. The molecule has 14 heavy (non-hydrogen) atoms. The summed E-state index contributed by atoms with van der Waals surface area (Å²) in [5, 5.41) is 9.01. The van der Waals surface area contributed by atoms with Crippen molar-refractivity contribution >= 4 is 0 Å². The van der Waals surface area contributed by atoms with Gasteiger partial charge in [0.05, 0.1) is 11.6 Å². The predicted octanol–water partition coefficient (Wildman–Crippen LogP) is 3.55. The van der Waals surface area contributed by atoms with Crippen molar-refractivity contribution in [3.63, 3.8) is 0 Å². The molecule has 0 saturated heterocycles. The fourth-order valence-electron chi connectivity index (χ4n) is 1.66. The van der Waals surface area contributed by atoms with E-state index >= 15 is 0 Å². The second-order valence-electron chi connectivity index (χ2n) is 3.99. The molecule has 0 unspecified atom stereocenters. The molecule has 0 N–H and O–H groups in total. The Morgan fingerprint density at radius 3 is 2.43 bits per heavy atom. The van der Waals surface area contributed by atoms with Crippen molar-refractivity contribution in [3.05, 3.63) is 34.4 Å². The van der Waals surface area contributed by atoms with Gasteiger partial charge in [-0.3, -0.25) is 0 Å². The first kappa shape index (κ1) is 10.8. The summed E-state index contributed by atoms with van der Waals surface area (Å²) in [5.74, 6) is 0.534. The molecule has 1 rings (SSSR count). The van der Waals surface area contributed by atoms with Gasteiger partial charge in [-0.1, -0.05) is 32.9 Å². The summed E-state index contributed by atoms with van der Waals surface area (Å²) in [4.78, 5) is 0. The highest BCUT2D eigenvalue weighted by Crippen LogP contribution is 2.22. The lowest BCUT2D eigenvalue weighted by atomic mass is 9.93. The van der Waals surface area contributed by atoms with Crippen LogP contribution in [0.1, 0.15) is 48.9 Å². The zero-order chi connectivity index (χ0) is 10.7. The summed E-state index contributed by atoms with van der Waals surface area (Å²) < 4.78 is 0. The van der Waals surface area contributed by atoms with Crippen LogP contribution in [0.2, 0.25) is 0 Å². The van der Waals surface area contributed by atoms with Gasteiger partial charge in [0, 0.05) is 0 Å². The quantitative estimate of drug-likeness (QED) is 0.694. The maximum absolute atomic E-state index is 9.01. The van der Waals surface area contributed by atoms with Crippen LogP contribution in [0.15, 0.2) is 12.1 Å². The van der Waals surface area contributed by atoms with Gasteiger partial charge in [-0.25, -0.2) is 0 Å². The monoisotopic (exact) mass is 187 g/mol. The lowest BCUT2D eigenvalue weighted by Gasteiger charge is -2.11. The van der Waals surface area contributed by atoms with Crippen LogP contribution >= 0.6 is 0 Å². The van der Waals surface area contributed by atoms with Crippen molar-refractivity contribution in [1.29, 1.82) is 5.26 Å². The number of nitrogens with zero attached hydrogens (tertiary/aromatic N) is 1. The molecule has 1 nitrogen and oxygen atoms in total. The third kappa shape index (κ3) is 1.96. The van der Waals surface area contributed by atoms with E-state index in [2.05, 4.69) is 39.0 Å². The summed E-state index contributed by atoms with van der Waals surface area (Å²) in [6.45, 7) is 8.48. The topological polar surface area (TPSA) is 23.8 Å². The van der Waals surface area contributed by atoms with Crippen molar-refractivity contribution in [2.45, 2.75) is 40.0 Å².